The topological polar surface area (TPSA) is 93.4 Å². The van der Waals surface area contributed by atoms with Crippen molar-refractivity contribution >= 4 is 17.5 Å². The van der Waals surface area contributed by atoms with E-state index in [1.807, 2.05) is 24.3 Å². The van der Waals surface area contributed by atoms with E-state index in [4.69, 9.17) is 10.5 Å². The first kappa shape index (κ1) is 18.5. The summed E-state index contributed by atoms with van der Waals surface area (Å²) in [4.78, 5) is 24.8. The Morgan fingerprint density at radius 1 is 1.16 bits per heavy atom. The van der Waals surface area contributed by atoms with Crippen molar-refractivity contribution in [2.75, 3.05) is 25.5 Å². The van der Waals surface area contributed by atoms with Crippen molar-refractivity contribution in [1.29, 1.82) is 0 Å². The molecule has 0 aliphatic carbocycles. The average molecular weight is 341 g/mol. The fraction of sp³-hybridized carbons (Fsp3) is 0.263. The van der Waals surface area contributed by atoms with E-state index in [1.165, 1.54) is 0 Å². The number of nitrogens with two attached hydrogens (primary N) is 1. The zero-order chi connectivity index (χ0) is 18.2. The molecule has 1 unspecified atom stereocenters. The van der Waals surface area contributed by atoms with Gasteiger partial charge in [0.2, 0.25) is 5.91 Å². The standard InChI is InChI=1S/C19H23N3O3/c1-13(14-6-5-7-15(12-14)25-2)18(23)22-17-9-4-3-8-16(17)19(24)21-11-10-20/h3-9,12-13H,10-11,20H2,1-2H3,(H,21,24)(H,22,23). The van der Waals surface area contributed by atoms with Crippen LogP contribution in [0.4, 0.5) is 5.69 Å². The summed E-state index contributed by atoms with van der Waals surface area (Å²) in [6.07, 6.45) is 0. The van der Waals surface area contributed by atoms with E-state index in [1.54, 1.807) is 38.3 Å². The predicted octanol–water partition coefficient (Wildman–Crippen LogP) is 2.13. The van der Waals surface area contributed by atoms with Crippen LogP contribution in [0.15, 0.2) is 48.5 Å². The van der Waals surface area contributed by atoms with E-state index in [-0.39, 0.29) is 11.8 Å². The minimum Gasteiger partial charge on any atom is -0.497 e. The van der Waals surface area contributed by atoms with Crippen LogP contribution in [0.25, 0.3) is 0 Å². The van der Waals surface area contributed by atoms with Gasteiger partial charge in [-0.15, -0.1) is 0 Å². The number of carbonyl (C=O) groups excluding carboxylic acids is 2. The van der Waals surface area contributed by atoms with Crippen molar-refractivity contribution in [3.8, 4) is 5.75 Å². The van der Waals surface area contributed by atoms with Crippen LogP contribution in [-0.4, -0.2) is 32.0 Å². The molecule has 0 saturated carbocycles. The van der Waals surface area contributed by atoms with Gasteiger partial charge >= 0.3 is 0 Å². The lowest BCUT2D eigenvalue weighted by Crippen LogP contribution is -2.30. The van der Waals surface area contributed by atoms with Crippen LogP contribution in [0.5, 0.6) is 5.75 Å². The van der Waals surface area contributed by atoms with Gasteiger partial charge in [0.1, 0.15) is 5.75 Å². The Labute approximate surface area is 147 Å². The zero-order valence-electron chi connectivity index (χ0n) is 14.4. The first-order valence-corrected chi connectivity index (χ1v) is 8.09. The molecule has 0 aliphatic heterocycles. The fourth-order valence-electron chi connectivity index (χ4n) is 2.37. The normalized spacial score (nSPS) is 11.5. The Bertz CT molecular complexity index is 746. The van der Waals surface area contributed by atoms with Crippen LogP contribution >= 0.6 is 0 Å². The van der Waals surface area contributed by atoms with E-state index in [0.717, 1.165) is 5.56 Å². The molecule has 0 aliphatic rings. The molecule has 0 heterocycles. The summed E-state index contributed by atoms with van der Waals surface area (Å²) >= 11 is 0. The Balaban J connectivity index is 2.15. The smallest absolute Gasteiger partial charge is 0.253 e. The lowest BCUT2D eigenvalue weighted by atomic mass is 9.99. The van der Waals surface area contributed by atoms with Crippen molar-refractivity contribution in [2.24, 2.45) is 5.73 Å². The lowest BCUT2D eigenvalue weighted by Gasteiger charge is -2.15. The highest BCUT2D eigenvalue weighted by Crippen LogP contribution is 2.23. The monoisotopic (exact) mass is 341 g/mol. The molecule has 2 aromatic carbocycles. The maximum Gasteiger partial charge on any atom is 0.253 e. The van der Waals surface area contributed by atoms with E-state index in [2.05, 4.69) is 10.6 Å². The summed E-state index contributed by atoms with van der Waals surface area (Å²) in [6, 6.07) is 14.2. The predicted molar refractivity (Wildman–Crippen MR) is 97.9 cm³/mol. The van der Waals surface area contributed by atoms with Gasteiger partial charge in [0.15, 0.2) is 0 Å². The molecule has 6 heteroatoms. The summed E-state index contributed by atoms with van der Waals surface area (Å²) in [5.74, 6) is -0.170. The quantitative estimate of drug-likeness (QED) is 0.719. The molecule has 2 amide bonds. The Morgan fingerprint density at radius 2 is 1.92 bits per heavy atom. The SMILES string of the molecule is COc1cccc(C(C)C(=O)Nc2ccccc2C(=O)NCCN)c1. The molecular formula is C19H23N3O3. The molecule has 132 valence electrons. The first-order valence-electron chi connectivity index (χ1n) is 8.09. The third-order valence-electron chi connectivity index (χ3n) is 3.85. The molecule has 0 spiro atoms. The fourth-order valence-corrected chi connectivity index (χ4v) is 2.37. The number of hydrogen-bond acceptors (Lipinski definition) is 4. The van der Waals surface area contributed by atoms with Gasteiger partial charge < -0.3 is 21.1 Å². The van der Waals surface area contributed by atoms with Gasteiger partial charge in [0.25, 0.3) is 5.91 Å². The van der Waals surface area contributed by atoms with Crippen molar-refractivity contribution in [1.82, 2.24) is 5.32 Å². The first-order chi connectivity index (χ1) is 12.1. The van der Waals surface area contributed by atoms with Gasteiger partial charge in [-0.1, -0.05) is 24.3 Å². The Kier molecular flexibility index (Phi) is 6.54. The van der Waals surface area contributed by atoms with Crippen molar-refractivity contribution in [3.63, 3.8) is 0 Å². The van der Waals surface area contributed by atoms with Crippen LogP contribution in [0.1, 0.15) is 28.8 Å². The largest absolute Gasteiger partial charge is 0.497 e. The molecule has 0 saturated heterocycles. The number of para-hydroxylation sites is 1. The lowest BCUT2D eigenvalue weighted by molar-refractivity contribution is -0.117. The molecule has 0 fully saturated rings. The van der Waals surface area contributed by atoms with E-state index < -0.39 is 5.92 Å². The number of anilines is 1. The highest BCUT2D eigenvalue weighted by molar-refractivity contribution is 6.05. The molecule has 0 radical (unpaired) electrons. The van der Waals surface area contributed by atoms with E-state index in [9.17, 15) is 9.59 Å². The van der Waals surface area contributed by atoms with Crippen LogP contribution in [-0.2, 0) is 4.79 Å². The maximum atomic E-state index is 12.6. The minimum absolute atomic E-state index is 0.202. The summed E-state index contributed by atoms with van der Waals surface area (Å²) in [5.41, 5.74) is 7.12. The second kappa shape index (κ2) is 8.84. The van der Waals surface area contributed by atoms with Gasteiger partial charge in [-0.3, -0.25) is 9.59 Å². The second-order valence-corrected chi connectivity index (χ2v) is 5.58. The number of hydrogen-bond donors (Lipinski definition) is 3. The number of nitrogens with one attached hydrogen (secondary N) is 2. The molecular weight excluding hydrogens is 318 g/mol. The van der Waals surface area contributed by atoms with E-state index in [0.29, 0.717) is 30.1 Å². The van der Waals surface area contributed by atoms with Gasteiger partial charge in [0, 0.05) is 13.1 Å². The van der Waals surface area contributed by atoms with Crippen LogP contribution in [0, 0.1) is 0 Å². The summed E-state index contributed by atoms with van der Waals surface area (Å²) in [6.45, 7) is 2.54. The number of rotatable bonds is 7. The van der Waals surface area contributed by atoms with Gasteiger partial charge in [-0.25, -0.2) is 0 Å². The van der Waals surface area contributed by atoms with Crippen molar-refractivity contribution in [2.45, 2.75) is 12.8 Å². The molecule has 4 N–H and O–H groups in total. The van der Waals surface area contributed by atoms with Crippen molar-refractivity contribution < 1.29 is 14.3 Å². The summed E-state index contributed by atoms with van der Waals surface area (Å²) < 4.78 is 5.20. The average Bonchev–Trinajstić information content (AvgIpc) is 2.65. The molecule has 2 aromatic rings. The molecule has 1 atom stereocenters. The van der Waals surface area contributed by atoms with Gasteiger partial charge in [-0.2, -0.15) is 0 Å². The minimum atomic E-state index is -0.393. The van der Waals surface area contributed by atoms with Crippen LogP contribution < -0.4 is 21.1 Å². The molecule has 0 bridgehead atoms. The number of carbonyl (C=O) groups is 2. The Morgan fingerprint density at radius 3 is 2.64 bits per heavy atom. The number of ether oxygens (including phenoxy) is 1. The number of methoxy groups -OCH3 is 1. The highest BCUT2D eigenvalue weighted by Gasteiger charge is 2.18. The Hall–Kier alpha value is -2.86. The maximum absolute atomic E-state index is 12.6. The number of amides is 2. The highest BCUT2D eigenvalue weighted by atomic mass is 16.5. The third kappa shape index (κ3) is 4.81. The third-order valence-corrected chi connectivity index (χ3v) is 3.85. The molecule has 0 aromatic heterocycles. The summed E-state index contributed by atoms with van der Waals surface area (Å²) in [7, 11) is 1.58. The van der Waals surface area contributed by atoms with Crippen LogP contribution in [0.3, 0.4) is 0 Å². The summed E-state index contributed by atoms with van der Waals surface area (Å²) in [5, 5.41) is 5.54. The number of benzene rings is 2. The second-order valence-electron chi connectivity index (χ2n) is 5.58. The van der Waals surface area contributed by atoms with Crippen molar-refractivity contribution in [3.05, 3.63) is 59.7 Å². The molecule has 6 nitrogen and oxygen atoms in total. The molecule has 25 heavy (non-hydrogen) atoms. The zero-order valence-corrected chi connectivity index (χ0v) is 14.4. The van der Waals surface area contributed by atoms with Gasteiger partial charge in [-0.05, 0) is 36.8 Å². The van der Waals surface area contributed by atoms with Crippen LogP contribution in [0.2, 0.25) is 0 Å². The van der Waals surface area contributed by atoms with Gasteiger partial charge in [0.05, 0.1) is 24.3 Å². The molecule has 2 rings (SSSR count). The van der Waals surface area contributed by atoms with E-state index >= 15 is 0 Å².